The van der Waals surface area contributed by atoms with Gasteiger partial charge in [-0.3, -0.25) is 4.79 Å². The predicted octanol–water partition coefficient (Wildman–Crippen LogP) is 2.53. The van der Waals surface area contributed by atoms with E-state index in [1.54, 1.807) is 20.0 Å². The number of ether oxygens (including phenoxy) is 2. The van der Waals surface area contributed by atoms with E-state index < -0.39 is 12.8 Å². The SMILES string of the molecule is CNCC(C)C(=O)NCc1ccc(OCC(F)(F)F)c(OC)c1.Cl. The van der Waals surface area contributed by atoms with E-state index in [9.17, 15) is 18.0 Å². The number of nitrogens with one attached hydrogen (secondary N) is 2. The van der Waals surface area contributed by atoms with Crippen molar-refractivity contribution in [2.75, 3.05) is 27.3 Å². The molecule has 0 bridgehead atoms. The highest BCUT2D eigenvalue weighted by molar-refractivity contribution is 5.85. The van der Waals surface area contributed by atoms with Gasteiger partial charge in [0.2, 0.25) is 5.91 Å². The number of methoxy groups -OCH3 is 1. The topological polar surface area (TPSA) is 59.6 Å². The molecule has 0 saturated carbocycles. The van der Waals surface area contributed by atoms with Crippen LogP contribution in [0, 0.1) is 5.92 Å². The molecule has 0 aliphatic carbocycles. The number of hydrogen-bond donors (Lipinski definition) is 2. The molecule has 0 aliphatic rings. The molecule has 24 heavy (non-hydrogen) atoms. The van der Waals surface area contributed by atoms with Gasteiger partial charge in [0, 0.05) is 19.0 Å². The monoisotopic (exact) mass is 370 g/mol. The summed E-state index contributed by atoms with van der Waals surface area (Å²) >= 11 is 0. The van der Waals surface area contributed by atoms with E-state index >= 15 is 0 Å². The Morgan fingerprint density at radius 2 is 1.96 bits per heavy atom. The molecule has 1 rings (SSSR count). The van der Waals surface area contributed by atoms with E-state index in [4.69, 9.17) is 9.47 Å². The largest absolute Gasteiger partial charge is 0.493 e. The van der Waals surface area contributed by atoms with Crippen LogP contribution in [-0.4, -0.2) is 39.4 Å². The first kappa shape index (κ1) is 22.3. The van der Waals surface area contributed by atoms with Gasteiger partial charge in [-0.05, 0) is 24.7 Å². The molecule has 2 N–H and O–H groups in total. The lowest BCUT2D eigenvalue weighted by Crippen LogP contribution is -2.33. The van der Waals surface area contributed by atoms with Crippen molar-refractivity contribution in [1.82, 2.24) is 10.6 Å². The minimum Gasteiger partial charge on any atom is -0.493 e. The third-order valence-electron chi connectivity index (χ3n) is 3.04. The third kappa shape index (κ3) is 7.74. The van der Waals surface area contributed by atoms with Crippen LogP contribution in [0.3, 0.4) is 0 Å². The molecule has 0 fully saturated rings. The minimum atomic E-state index is -4.42. The number of carbonyl (C=O) groups excluding carboxylic acids is 1. The van der Waals surface area contributed by atoms with Crippen molar-refractivity contribution in [3.63, 3.8) is 0 Å². The van der Waals surface area contributed by atoms with Gasteiger partial charge in [0.25, 0.3) is 0 Å². The number of hydrogen-bond acceptors (Lipinski definition) is 4. The molecular weight excluding hydrogens is 349 g/mol. The van der Waals surface area contributed by atoms with Crippen molar-refractivity contribution in [2.24, 2.45) is 5.92 Å². The highest BCUT2D eigenvalue weighted by atomic mass is 35.5. The first-order valence-electron chi connectivity index (χ1n) is 7.05. The fourth-order valence-corrected chi connectivity index (χ4v) is 1.86. The molecule has 1 amide bonds. The average molecular weight is 371 g/mol. The quantitative estimate of drug-likeness (QED) is 0.738. The van der Waals surface area contributed by atoms with Crippen LogP contribution < -0.4 is 20.1 Å². The van der Waals surface area contributed by atoms with Crippen LogP contribution in [0.5, 0.6) is 11.5 Å². The first-order chi connectivity index (χ1) is 10.8. The van der Waals surface area contributed by atoms with Crippen LogP contribution in [0.1, 0.15) is 12.5 Å². The van der Waals surface area contributed by atoms with Crippen molar-refractivity contribution >= 4 is 18.3 Å². The maximum atomic E-state index is 12.2. The molecular formula is C15H22ClF3N2O3. The van der Waals surface area contributed by atoms with Crippen LogP contribution in [-0.2, 0) is 11.3 Å². The van der Waals surface area contributed by atoms with Crippen LogP contribution in [0.15, 0.2) is 18.2 Å². The van der Waals surface area contributed by atoms with Gasteiger partial charge in [0.15, 0.2) is 18.1 Å². The molecule has 0 heterocycles. The fourth-order valence-electron chi connectivity index (χ4n) is 1.86. The zero-order valence-electron chi connectivity index (χ0n) is 13.7. The summed E-state index contributed by atoms with van der Waals surface area (Å²) < 4.78 is 46.3. The average Bonchev–Trinajstić information content (AvgIpc) is 2.50. The van der Waals surface area contributed by atoms with E-state index in [1.165, 1.54) is 19.2 Å². The van der Waals surface area contributed by atoms with E-state index in [2.05, 4.69) is 10.6 Å². The number of benzene rings is 1. The second kappa shape index (κ2) is 10.2. The number of amides is 1. The maximum absolute atomic E-state index is 12.2. The van der Waals surface area contributed by atoms with Gasteiger partial charge >= 0.3 is 6.18 Å². The molecule has 0 aromatic heterocycles. The predicted molar refractivity (Wildman–Crippen MR) is 86.7 cm³/mol. The smallest absolute Gasteiger partial charge is 0.422 e. The summed E-state index contributed by atoms with van der Waals surface area (Å²) in [7, 11) is 3.10. The van der Waals surface area contributed by atoms with Crippen LogP contribution >= 0.6 is 12.4 Å². The molecule has 1 unspecified atom stereocenters. The summed E-state index contributed by atoms with van der Waals surface area (Å²) in [5.74, 6) is -0.111. The Morgan fingerprint density at radius 1 is 1.29 bits per heavy atom. The molecule has 0 spiro atoms. The highest BCUT2D eigenvalue weighted by Gasteiger charge is 2.29. The molecule has 5 nitrogen and oxygen atoms in total. The van der Waals surface area contributed by atoms with Gasteiger partial charge in [0.1, 0.15) is 0 Å². The first-order valence-corrected chi connectivity index (χ1v) is 7.05. The van der Waals surface area contributed by atoms with E-state index in [0.29, 0.717) is 12.1 Å². The Morgan fingerprint density at radius 3 is 2.50 bits per heavy atom. The molecule has 0 radical (unpaired) electrons. The van der Waals surface area contributed by atoms with Crippen LogP contribution in [0.4, 0.5) is 13.2 Å². The van der Waals surface area contributed by atoms with Gasteiger partial charge < -0.3 is 20.1 Å². The lowest BCUT2D eigenvalue weighted by Gasteiger charge is -2.15. The molecule has 1 aromatic rings. The standard InChI is InChI=1S/C15H21F3N2O3.ClH/c1-10(7-19-2)14(21)20-8-11-4-5-12(13(6-11)22-3)23-9-15(16,17)18;/h4-6,10,19H,7-9H2,1-3H3,(H,20,21);1H. The molecule has 0 aliphatic heterocycles. The Balaban J connectivity index is 0.00000529. The molecule has 1 atom stereocenters. The normalized spacial score (nSPS) is 12.1. The number of halogens is 4. The third-order valence-corrected chi connectivity index (χ3v) is 3.04. The summed E-state index contributed by atoms with van der Waals surface area (Å²) in [6.45, 7) is 1.21. The summed E-state index contributed by atoms with van der Waals surface area (Å²) in [5.41, 5.74) is 0.700. The highest BCUT2D eigenvalue weighted by Crippen LogP contribution is 2.29. The van der Waals surface area contributed by atoms with E-state index in [-0.39, 0.29) is 42.3 Å². The van der Waals surface area contributed by atoms with E-state index in [1.807, 2.05) is 0 Å². The molecule has 0 saturated heterocycles. The van der Waals surface area contributed by atoms with Crippen LogP contribution in [0.2, 0.25) is 0 Å². The number of alkyl halides is 3. The minimum absolute atomic E-state index is 0. The van der Waals surface area contributed by atoms with Gasteiger partial charge in [-0.25, -0.2) is 0 Å². The van der Waals surface area contributed by atoms with Gasteiger partial charge in [-0.15, -0.1) is 12.4 Å². The summed E-state index contributed by atoms with van der Waals surface area (Å²) in [5, 5.41) is 5.66. The van der Waals surface area contributed by atoms with Crippen molar-refractivity contribution in [3.8, 4) is 11.5 Å². The summed E-state index contributed by atoms with van der Waals surface area (Å²) in [4.78, 5) is 11.8. The second-order valence-electron chi connectivity index (χ2n) is 5.07. The van der Waals surface area contributed by atoms with Crippen molar-refractivity contribution < 1.29 is 27.4 Å². The van der Waals surface area contributed by atoms with E-state index in [0.717, 1.165) is 0 Å². The second-order valence-corrected chi connectivity index (χ2v) is 5.07. The number of rotatable bonds is 8. The lowest BCUT2D eigenvalue weighted by atomic mass is 10.1. The zero-order chi connectivity index (χ0) is 17.5. The van der Waals surface area contributed by atoms with Gasteiger partial charge in [-0.1, -0.05) is 13.0 Å². The maximum Gasteiger partial charge on any atom is 0.422 e. The van der Waals surface area contributed by atoms with Gasteiger partial charge in [-0.2, -0.15) is 13.2 Å². The Bertz CT molecular complexity index is 527. The summed E-state index contributed by atoms with van der Waals surface area (Å²) in [6, 6.07) is 4.51. The van der Waals surface area contributed by atoms with Crippen LogP contribution in [0.25, 0.3) is 0 Å². The summed E-state index contributed by atoms with van der Waals surface area (Å²) in [6.07, 6.45) is -4.42. The Labute approximate surface area is 145 Å². The Kier molecular flexibility index (Phi) is 9.53. The van der Waals surface area contributed by atoms with Crippen molar-refractivity contribution in [1.29, 1.82) is 0 Å². The fraction of sp³-hybridized carbons (Fsp3) is 0.533. The lowest BCUT2D eigenvalue weighted by molar-refractivity contribution is -0.153. The van der Waals surface area contributed by atoms with Crippen molar-refractivity contribution in [2.45, 2.75) is 19.6 Å². The zero-order valence-corrected chi connectivity index (χ0v) is 14.5. The molecule has 9 heteroatoms. The van der Waals surface area contributed by atoms with Crippen molar-refractivity contribution in [3.05, 3.63) is 23.8 Å². The molecule has 1 aromatic carbocycles. The number of carbonyl (C=O) groups is 1. The van der Waals surface area contributed by atoms with Gasteiger partial charge in [0.05, 0.1) is 7.11 Å². The Hall–Kier alpha value is -1.67. The molecule has 138 valence electrons.